The molecule has 11 heteroatoms. The minimum atomic E-state index is -4.55. The van der Waals surface area contributed by atoms with Gasteiger partial charge in [0.15, 0.2) is 17.3 Å². The zero-order valence-corrected chi connectivity index (χ0v) is 16.3. The van der Waals surface area contributed by atoms with Crippen molar-refractivity contribution in [3.8, 4) is 5.69 Å². The van der Waals surface area contributed by atoms with E-state index in [4.69, 9.17) is 0 Å². The van der Waals surface area contributed by atoms with Gasteiger partial charge in [-0.25, -0.2) is 13.5 Å². The Morgan fingerprint density at radius 1 is 1.13 bits per heavy atom. The number of likely N-dealkylation sites (tertiary alicyclic amines) is 1. The lowest BCUT2D eigenvalue weighted by atomic mass is 10.1. The molecule has 0 radical (unpaired) electrons. The van der Waals surface area contributed by atoms with Crippen LogP contribution in [0.25, 0.3) is 5.69 Å². The molecule has 1 atom stereocenters. The SMILES string of the molecule is O=C(NCC(F)(F)F)C1CCCN1C(=O)c1nn(-c2ccc(F)c(F)c2)c2c1CCC2. The zero-order valence-electron chi connectivity index (χ0n) is 16.3. The normalized spacial score (nSPS) is 18.4. The summed E-state index contributed by atoms with van der Waals surface area (Å²) in [6, 6.07) is 2.29. The summed E-state index contributed by atoms with van der Waals surface area (Å²) >= 11 is 0. The second-order valence-electron chi connectivity index (χ2n) is 7.63. The van der Waals surface area contributed by atoms with Gasteiger partial charge in [-0.2, -0.15) is 18.3 Å². The Labute approximate surface area is 174 Å². The van der Waals surface area contributed by atoms with Crippen LogP contribution in [0.4, 0.5) is 22.0 Å². The third-order valence-corrected chi connectivity index (χ3v) is 5.56. The van der Waals surface area contributed by atoms with E-state index in [-0.39, 0.29) is 24.3 Å². The van der Waals surface area contributed by atoms with E-state index in [1.54, 1.807) is 0 Å². The fourth-order valence-corrected chi connectivity index (χ4v) is 4.16. The summed E-state index contributed by atoms with van der Waals surface area (Å²) in [7, 11) is 0. The lowest BCUT2D eigenvalue weighted by molar-refractivity contribution is -0.140. The first kappa shape index (κ1) is 21.3. The molecule has 1 saturated heterocycles. The lowest BCUT2D eigenvalue weighted by Crippen LogP contribution is -2.48. The molecule has 2 heterocycles. The maximum atomic E-state index is 13.7. The van der Waals surface area contributed by atoms with Gasteiger partial charge in [0.05, 0.1) is 5.69 Å². The Morgan fingerprint density at radius 2 is 1.90 bits per heavy atom. The molecular formula is C20H19F5N4O2. The van der Waals surface area contributed by atoms with Crippen molar-refractivity contribution in [2.75, 3.05) is 13.1 Å². The predicted molar refractivity (Wildman–Crippen MR) is 98.6 cm³/mol. The third-order valence-electron chi connectivity index (χ3n) is 5.56. The van der Waals surface area contributed by atoms with E-state index in [0.717, 1.165) is 18.6 Å². The summed E-state index contributed by atoms with van der Waals surface area (Å²) in [6.45, 7) is -1.25. The van der Waals surface area contributed by atoms with E-state index in [9.17, 15) is 31.5 Å². The van der Waals surface area contributed by atoms with Crippen molar-refractivity contribution in [2.24, 2.45) is 0 Å². The van der Waals surface area contributed by atoms with Crippen LogP contribution >= 0.6 is 0 Å². The summed E-state index contributed by atoms with van der Waals surface area (Å²) in [5.41, 5.74) is 1.72. The Bertz CT molecular complexity index is 1030. The van der Waals surface area contributed by atoms with Gasteiger partial charge in [-0.3, -0.25) is 9.59 Å². The van der Waals surface area contributed by atoms with Crippen LogP contribution in [0.15, 0.2) is 18.2 Å². The van der Waals surface area contributed by atoms with Crippen LogP contribution in [0.5, 0.6) is 0 Å². The van der Waals surface area contributed by atoms with Crippen LogP contribution < -0.4 is 5.32 Å². The topological polar surface area (TPSA) is 67.2 Å². The first-order valence-corrected chi connectivity index (χ1v) is 9.87. The molecule has 2 aromatic rings. The number of hydrogen-bond donors (Lipinski definition) is 1. The number of rotatable bonds is 4. The van der Waals surface area contributed by atoms with Gasteiger partial charge in [-0.1, -0.05) is 0 Å². The standard InChI is InChI=1S/C20H19F5N4O2/c21-13-7-6-11(9-14(13)22)29-15-4-1-3-12(15)17(27-29)19(31)28-8-2-5-16(28)18(30)26-10-20(23,24)25/h6-7,9,16H,1-5,8,10H2,(H,26,30). The van der Waals surface area contributed by atoms with Crippen molar-refractivity contribution in [1.82, 2.24) is 20.0 Å². The van der Waals surface area contributed by atoms with E-state index in [1.165, 1.54) is 15.6 Å². The second kappa shape index (κ2) is 7.93. The Morgan fingerprint density at radius 3 is 2.61 bits per heavy atom. The number of aromatic nitrogens is 2. The third kappa shape index (κ3) is 4.13. The number of nitrogens with one attached hydrogen (secondary N) is 1. The molecule has 31 heavy (non-hydrogen) atoms. The number of nitrogens with zero attached hydrogens (tertiary/aromatic N) is 3. The second-order valence-corrected chi connectivity index (χ2v) is 7.63. The van der Waals surface area contributed by atoms with Crippen LogP contribution in [0, 0.1) is 11.6 Å². The van der Waals surface area contributed by atoms with Crippen molar-refractivity contribution in [3.05, 3.63) is 46.8 Å². The molecule has 1 aromatic carbocycles. The summed E-state index contributed by atoms with van der Waals surface area (Å²) in [5.74, 6) is -3.47. The monoisotopic (exact) mass is 442 g/mol. The molecule has 4 rings (SSSR count). The molecule has 6 nitrogen and oxygen atoms in total. The van der Waals surface area contributed by atoms with Gasteiger partial charge in [-0.15, -0.1) is 0 Å². The van der Waals surface area contributed by atoms with Crippen molar-refractivity contribution in [3.63, 3.8) is 0 Å². The van der Waals surface area contributed by atoms with E-state index in [0.29, 0.717) is 30.5 Å². The number of amides is 2. The highest BCUT2D eigenvalue weighted by Gasteiger charge is 2.39. The average Bonchev–Trinajstić information content (AvgIpc) is 3.43. The molecular weight excluding hydrogens is 423 g/mol. The highest BCUT2D eigenvalue weighted by Crippen LogP contribution is 2.30. The molecule has 0 saturated carbocycles. The van der Waals surface area contributed by atoms with Crippen LogP contribution in [0.3, 0.4) is 0 Å². The molecule has 1 aliphatic carbocycles. The molecule has 1 fully saturated rings. The lowest BCUT2D eigenvalue weighted by Gasteiger charge is -2.23. The number of carbonyl (C=O) groups is 2. The first-order chi connectivity index (χ1) is 14.7. The number of fused-ring (bicyclic) bond motifs is 1. The summed E-state index contributed by atoms with van der Waals surface area (Å²) < 4.78 is 65.7. The van der Waals surface area contributed by atoms with Gasteiger partial charge >= 0.3 is 6.18 Å². The van der Waals surface area contributed by atoms with E-state index >= 15 is 0 Å². The number of alkyl halides is 3. The van der Waals surface area contributed by atoms with Crippen LogP contribution in [0.2, 0.25) is 0 Å². The smallest absolute Gasteiger partial charge is 0.345 e. The van der Waals surface area contributed by atoms with Crippen LogP contribution in [-0.4, -0.2) is 51.8 Å². The van der Waals surface area contributed by atoms with E-state index < -0.39 is 42.2 Å². The minimum absolute atomic E-state index is 0.0905. The Kier molecular flexibility index (Phi) is 5.44. The number of hydrogen-bond acceptors (Lipinski definition) is 3. The average molecular weight is 442 g/mol. The van der Waals surface area contributed by atoms with E-state index in [2.05, 4.69) is 5.10 Å². The quantitative estimate of drug-likeness (QED) is 0.741. The number of benzene rings is 1. The molecule has 1 N–H and O–H groups in total. The first-order valence-electron chi connectivity index (χ1n) is 9.87. The van der Waals surface area contributed by atoms with Gasteiger partial charge in [0.1, 0.15) is 12.6 Å². The number of halogens is 5. The van der Waals surface area contributed by atoms with Crippen LogP contribution in [0.1, 0.15) is 41.0 Å². The molecule has 166 valence electrons. The largest absolute Gasteiger partial charge is 0.405 e. The number of carbonyl (C=O) groups excluding carboxylic acids is 2. The minimum Gasteiger partial charge on any atom is -0.345 e. The molecule has 2 amide bonds. The summed E-state index contributed by atoms with van der Waals surface area (Å²) in [5, 5.41) is 6.16. The highest BCUT2D eigenvalue weighted by molar-refractivity contribution is 5.98. The van der Waals surface area contributed by atoms with Gasteiger partial charge in [0.25, 0.3) is 5.91 Å². The molecule has 0 spiro atoms. The van der Waals surface area contributed by atoms with Gasteiger partial charge in [0.2, 0.25) is 5.91 Å². The van der Waals surface area contributed by atoms with Crippen molar-refractivity contribution in [2.45, 2.75) is 44.3 Å². The fourth-order valence-electron chi connectivity index (χ4n) is 4.16. The Hall–Kier alpha value is -2.98. The predicted octanol–water partition coefficient (Wildman–Crippen LogP) is 2.92. The van der Waals surface area contributed by atoms with Gasteiger partial charge in [0, 0.05) is 23.9 Å². The van der Waals surface area contributed by atoms with Gasteiger partial charge < -0.3 is 10.2 Å². The molecule has 1 aliphatic heterocycles. The van der Waals surface area contributed by atoms with Crippen molar-refractivity contribution < 1.29 is 31.5 Å². The summed E-state index contributed by atoms with van der Waals surface area (Å²) in [6.07, 6.45) is -1.94. The van der Waals surface area contributed by atoms with Crippen molar-refractivity contribution in [1.29, 1.82) is 0 Å². The van der Waals surface area contributed by atoms with E-state index in [1.807, 2.05) is 5.32 Å². The van der Waals surface area contributed by atoms with Crippen molar-refractivity contribution >= 4 is 11.8 Å². The highest BCUT2D eigenvalue weighted by atomic mass is 19.4. The van der Waals surface area contributed by atoms with Gasteiger partial charge in [-0.05, 0) is 44.2 Å². The molecule has 1 unspecified atom stereocenters. The molecule has 1 aromatic heterocycles. The molecule has 2 aliphatic rings. The zero-order chi connectivity index (χ0) is 22.3. The van der Waals surface area contributed by atoms with Crippen LogP contribution in [-0.2, 0) is 17.6 Å². The maximum absolute atomic E-state index is 13.7. The maximum Gasteiger partial charge on any atom is 0.405 e. The fraction of sp³-hybridized carbons (Fsp3) is 0.450. The molecule has 0 bridgehead atoms. The summed E-state index contributed by atoms with van der Waals surface area (Å²) in [4.78, 5) is 26.7. The Balaban J connectivity index is 1.61.